The van der Waals surface area contributed by atoms with E-state index in [1.165, 1.54) is 48.5 Å². The van der Waals surface area contributed by atoms with E-state index in [1.807, 2.05) is 12.1 Å². The lowest BCUT2D eigenvalue weighted by molar-refractivity contribution is 0.220. The smallest absolute Gasteiger partial charge is 0.193 e. The van der Waals surface area contributed by atoms with E-state index in [2.05, 4.69) is 52.8 Å². The molecule has 0 aliphatic heterocycles. The van der Waals surface area contributed by atoms with Crippen molar-refractivity contribution in [3.05, 3.63) is 46.5 Å². The summed E-state index contributed by atoms with van der Waals surface area (Å²) in [6.07, 6.45) is 8.42. The number of benzene rings is 1. The van der Waals surface area contributed by atoms with E-state index in [4.69, 9.17) is 16.0 Å². The Hall–Kier alpha value is -0.573. The molecule has 0 N–H and O–H groups in total. The fourth-order valence-corrected chi connectivity index (χ4v) is 6.21. The second-order valence-corrected chi connectivity index (χ2v) is 12.1. The Kier molecular flexibility index (Phi) is 10.7. The summed E-state index contributed by atoms with van der Waals surface area (Å²) in [5.41, 5.74) is 2.73. The van der Waals surface area contributed by atoms with E-state index in [0.29, 0.717) is 0 Å². The molecule has 25 heavy (non-hydrogen) atoms. The Morgan fingerprint density at radius 3 is 2.08 bits per heavy atom. The van der Waals surface area contributed by atoms with Gasteiger partial charge in [0, 0.05) is 5.02 Å². The highest BCUT2D eigenvalue weighted by atomic mass is 35.5. The van der Waals surface area contributed by atoms with E-state index in [0.717, 1.165) is 17.9 Å². The fourth-order valence-electron chi connectivity index (χ4n) is 3.30. The molecule has 0 heterocycles. The predicted octanol–water partition coefficient (Wildman–Crippen LogP) is 8.32. The third kappa shape index (κ3) is 6.92. The van der Waals surface area contributed by atoms with Crippen LogP contribution in [0.1, 0.15) is 78.4 Å². The van der Waals surface area contributed by atoms with Gasteiger partial charge in [-0.05, 0) is 60.7 Å². The van der Waals surface area contributed by atoms with Crippen molar-refractivity contribution in [3.63, 3.8) is 0 Å². The van der Waals surface area contributed by atoms with E-state index in [9.17, 15) is 0 Å². The molecule has 0 aliphatic rings. The summed E-state index contributed by atoms with van der Waals surface area (Å²) in [6.45, 7) is 11.4. The maximum atomic E-state index is 7.00. The highest BCUT2D eigenvalue weighted by molar-refractivity contribution is 6.73. The maximum Gasteiger partial charge on any atom is 0.193 e. The molecule has 1 aromatic carbocycles. The van der Waals surface area contributed by atoms with E-state index >= 15 is 0 Å². The van der Waals surface area contributed by atoms with Crippen LogP contribution in [0.25, 0.3) is 0 Å². The quantitative estimate of drug-likeness (QED) is 0.261. The number of hydrogen-bond donors (Lipinski definition) is 0. The Morgan fingerprint density at radius 1 is 1.00 bits per heavy atom. The van der Waals surface area contributed by atoms with Crippen LogP contribution in [0.3, 0.4) is 0 Å². The summed E-state index contributed by atoms with van der Waals surface area (Å²) in [5, 5.41) is 0.792. The zero-order valence-corrected chi connectivity index (χ0v) is 18.7. The summed E-state index contributed by atoms with van der Waals surface area (Å²) >= 11 is 6.13. The van der Waals surface area contributed by atoms with E-state index in [-0.39, 0.29) is 6.10 Å². The van der Waals surface area contributed by atoms with Crippen LogP contribution in [-0.4, -0.2) is 8.32 Å². The molecule has 142 valence electrons. The Morgan fingerprint density at radius 2 is 1.60 bits per heavy atom. The lowest BCUT2D eigenvalue weighted by atomic mass is 9.96. The van der Waals surface area contributed by atoms with Crippen LogP contribution < -0.4 is 0 Å². The monoisotopic (exact) mass is 380 g/mol. The Labute approximate surface area is 162 Å². The topological polar surface area (TPSA) is 9.23 Å². The van der Waals surface area contributed by atoms with Gasteiger partial charge in [0.25, 0.3) is 0 Å². The number of halogens is 1. The van der Waals surface area contributed by atoms with Gasteiger partial charge in [0.2, 0.25) is 0 Å². The van der Waals surface area contributed by atoms with Gasteiger partial charge in [0.05, 0.1) is 6.10 Å². The summed E-state index contributed by atoms with van der Waals surface area (Å²) in [5.74, 6) is 0. The van der Waals surface area contributed by atoms with E-state index < -0.39 is 8.32 Å². The molecule has 1 nitrogen and oxygen atoms in total. The van der Waals surface area contributed by atoms with Crippen molar-refractivity contribution < 1.29 is 4.43 Å². The summed E-state index contributed by atoms with van der Waals surface area (Å²) < 4.78 is 7.00. The molecule has 1 aromatic rings. The van der Waals surface area contributed by atoms with Crippen LogP contribution in [0.15, 0.2) is 35.9 Å². The van der Waals surface area contributed by atoms with Crippen molar-refractivity contribution in [3.8, 4) is 0 Å². The molecule has 1 atom stereocenters. The van der Waals surface area contributed by atoms with Crippen molar-refractivity contribution in [2.24, 2.45) is 0 Å². The summed E-state index contributed by atoms with van der Waals surface area (Å²) in [4.78, 5) is 0. The number of rotatable bonds is 12. The standard InChI is InChI=1S/C22H37ClOSi/c1-6-11-13-19(14-12-7-2)22(20-15-17-21(23)18-16-20)24-25(8-3,9-4)10-5/h13,15-18,22H,6-12,14H2,1-5H3/b19-13-/t22-/m1/s1. The van der Waals surface area contributed by atoms with Crippen LogP contribution in [0, 0.1) is 0 Å². The van der Waals surface area contributed by atoms with Crippen LogP contribution in [0.2, 0.25) is 23.2 Å². The molecule has 0 aliphatic carbocycles. The van der Waals surface area contributed by atoms with Crippen molar-refractivity contribution in [1.82, 2.24) is 0 Å². The molecule has 3 heteroatoms. The zero-order valence-electron chi connectivity index (χ0n) is 16.9. The van der Waals surface area contributed by atoms with Crippen molar-refractivity contribution >= 4 is 19.9 Å². The Balaban J connectivity index is 3.25. The van der Waals surface area contributed by atoms with Gasteiger partial charge in [-0.3, -0.25) is 0 Å². The molecule has 0 saturated heterocycles. The van der Waals surface area contributed by atoms with Crippen LogP contribution in [0.5, 0.6) is 0 Å². The third-order valence-electron chi connectivity index (χ3n) is 5.32. The third-order valence-corrected chi connectivity index (χ3v) is 10.2. The minimum atomic E-state index is -1.69. The number of unbranched alkanes of at least 4 members (excludes halogenated alkanes) is 2. The first-order valence-corrected chi connectivity index (χ1v) is 13.1. The highest BCUT2D eigenvalue weighted by Gasteiger charge is 2.33. The van der Waals surface area contributed by atoms with Gasteiger partial charge in [-0.1, -0.05) is 77.3 Å². The van der Waals surface area contributed by atoms with Crippen molar-refractivity contribution in [1.29, 1.82) is 0 Å². The summed E-state index contributed by atoms with van der Waals surface area (Å²) in [7, 11) is -1.69. The fraction of sp³-hybridized carbons (Fsp3) is 0.636. The number of hydrogen-bond acceptors (Lipinski definition) is 1. The van der Waals surface area contributed by atoms with Gasteiger partial charge >= 0.3 is 0 Å². The normalized spacial score (nSPS) is 13.9. The van der Waals surface area contributed by atoms with Gasteiger partial charge in [0.1, 0.15) is 0 Å². The SMILES string of the molecule is CCC/C=C(/CCCC)[C@@H](O[Si](CC)(CC)CC)c1ccc(Cl)cc1. The average Bonchev–Trinajstić information content (AvgIpc) is 2.65. The minimum Gasteiger partial charge on any atom is -0.406 e. The summed E-state index contributed by atoms with van der Waals surface area (Å²) in [6, 6.07) is 11.8. The molecule has 0 aromatic heterocycles. The molecule has 0 unspecified atom stereocenters. The molecule has 0 amide bonds. The maximum absolute atomic E-state index is 7.00. The largest absolute Gasteiger partial charge is 0.406 e. The molecule has 0 radical (unpaired) electrons. The van der Waals surface area contributed by atoms with Gasteiger partial charge in [0.15, 0.2) is 8.32 Å². The minimum absolute atomic E-state index is 0.0990. The number of allylic oxidation sites excluding steroid dienone is 1. The molecular weight excluding hydrogens is 344 g/mol. The average molecular weight is 381 g/mol. The molecule has 0 bridgehead atoms. The highest BCUT2D eigenvalue weighted by Crippen LogP contribution is 2.37. The van der Waals surface area contributed by atoms with Crippen molar-refractivity contribution in [2.45, 2.75) is 91.0 Å². The molecule has 0 saturated carbocycles. The Bertz CT molecular complexity index is 497. The van der Waals surface area contributed by atoms with Gasteiger partial charge in [-0.15, -0.1) is 0 Å². The van der Waals surface area contributed by atoms with Crippen molar-refractivity contribution in [2.75, 3.05) is 0 Å². The molecular formula is C22H37ClOSi. The zero-order chi connectivity index (χ0) is 18.7. The van der Waals surface area contributed by atoms with Gasteiger partial charge in [-0.2, -0.15) is 0 Å². The molecule has 0 spiro atoms. The van der Waals surface area contributed by atoms with Crippen LogP contribution in [-0.2, 0) is 4.43 Å². The lowest BCUT2D eigenvalue weighted by Crippen LogP contribution is -2.37. The van der Waals surface area contributed by atoms with Gasteiger partial charge in [-0.25, -0.2) is 0 Å². The second-order valence-electron chi connectivity index (χ2n) is 6.96. The first-order chi connectivity index (χ1) is 12.1. The van der Waals surface area contributed by atoms with Crippen LogP contribution in [0.4, 0.5) is 0 Å². The second kappa shape index (κ2) is 11.9. The van der Waals surface area contributed by atoms with Gasteiger partial charge < -0.3 is 4.43 Å². The molecule has 0 fully saturated rings. The van der Waals surface area contributed by atoms with E-state index in [1.54, 1.807) is 0 Å². The predicted molar refractivity (Wildman–Crippen MR) is 115 cm³/mol. The van der Waals surface area contributed by atoms with Crippen LogP contribution >= 0.6 is 11.6 Å². The molecule has 1 rings (SSSR count). The lowest BCUT2D eigenvalue weighted by Gasteiger charge is -2.35. The first kappa shape index (κ1) is 22.5. The first-order valence-electron chi connectivity index (χ1n) is 10.2.